The molecule has 35 heavy (non-hydrogen) atoms. The summed E-state index contributed by atoms with van der Waals surface area (Å²) < 4.78 is 50.3. The molecular weight excluding hydrogens is 499 g/mol. The number of anilines is 1. The molecular formula is C23H25FN2O7S2. The molecule has 1 aromatic carbocycles. The molecule has 12 heteroatoms. The number of nitrogens with zero attached hydrogens (tertiary/aromatic N) is 1. The minimum atomic E-state index is -3.61. The predicted octanol–water partition coefficient (Wildman–Crippen LogP) is 3.37. The van der Waals surface area contributed by atoms with Gasteiger partial charge in [-0.05, 0) is 44.4 Å². The largest absolute Gasteiger partial charge is 0.493 e. The SMILES string of the molecule is CCOc1cc([C@@H](CS(=O)(=O)C2CC2)N2C(=O)c3csc(NC(=O)C(C)F)c3C2=O)ccc1OC. The fourth-order valence-electron chi connectivity index (χ4n) is 3.93. The second-order valence-corrected chi connectivity index (χ2v) is 11.5. The number of rotatable bonds is 10. The minimum Gasteiger partial charge on any atom is -0.493 e. The van der Waals surface area contributed by atoms with Crippen molar-refractivity contribution in [3.05, 3.63) is 40.3 Å². The Kier molecular flexibility index (Phi) is 6.87. The molecule has 1 aliphatic heterocycles. The Morgan fingerprint density at radius 2 is 1.97 bits per heavy atom. The monoisotopic (exact) mass is 524 g/mol. The number of hydrogen-bond acceptors (Lipinski definition) is 8. The lowest BCUT2D eigenvalue weighted by atomic mass is 10.1. The first-order chi connectivity index (χ1) is 16.6. The summed E-state index contributed by atoms with van der Waals surface area (Å²) in [6.07, 6.45) is -0.744. The van der Waals surface area contributed by atoms with Crippen molar-refractivity contribution in [3.63, 3.8) is 0 Å². The summed E-state index contributed by atoms with van der Waals surface area (Å²) in [4.78, 5) is 39.6. The van der Waals surface area contributed by atoms with Crippen LogP contribution in [-0.2, 0) is 14.6 Å². The maximum atomic E-state index is 13.5. The standard InChI is InChI=1S/C23H25FN2O7S2/c1-4-33-18-9-13(5-8-17(18)32-3)16(11-35(30,31)14-6-7-14)26-22(28)15-10-34-21(19(15)23(26)29)25-20(27)12(2)24/h5,8-10,12,14,16H,4,6-7,11H2,1-3H3,(H,25,27)/t12?,16-/m1/s1. The zero-order valence-electron chi connectivity index (χ0n) is 19.4. The molecule has 0 bridgehead atoms. The van der Waals surface area contributed by atoms with Gasteiger partial charge >= 0.3 is 0 Å². The molecule has 1 aliphatic carbocycles. The van der Waals surface area contributed by atoms with Gasteiger partial charge in [0.25, 0.3) is 17.7 Å². The number of methoxy groups -OCH3 is 1. The number of fused-ring (bicyclic) bond motifs is 1. The van der Waals surface area contributed by atoms with E-state index >= 15 is 0 Å². The molecule has 2 aliphatic rings. The van der Waals surface area contributed by atoms with Crippen molar-refractivity contribution in [2.45, 2.75) is 44.2 Å². The van der Waals surface area contributed by atoms with E-state index in [4.69, 9.17) is 9.47 Å². The number of carbonyl (C=O) groups excluding carboxylic acids is 3. The van der Waals surface area contributed by atoms with Gasteiger partial charge in [0.05, 0.1) is 41.9 Å². The van der Waals surface area contributed by atoms with Crippen molar-refractivity contribution in [3.8, 4) is 11.5 Å². The van der Waals surface area contributed by atoms with E-state index in [0.717, 1.165) is 23.2 Å². The summed E-state index contributed by atoms with van der Waals surface area (Å²) in [7, 11) is -2.14. The zero-order chi connectivity index (χ0) is 25.5. The first-order valence-corrected chi connectivity index (χ1v) is 13.6. The van der Waals surface area contributed by atoms with Crippen LogP contribution in [0, 0.1) is 0 Å². The zero-order valence-corrected chi connectivity index (χ0v) is 21.0. The third-order valence-electron chi connectivity index (χ3n) is 5.88. The Hall–Kier alpha value is -2.99. The quantitative estimate of drug-likeness (QED) is 0.473. The number of amides is 3. The van der Waals surface area contributed by atoms with Crippen molar-refractivity contribution in [2.24, 2.45) is 0 Å². The molecule has 0 radical (unpaired) electrons. The van der Waals surface area contributed by atoms with Crippen LogP contribution in [0.15, 0.2) is 23.6 Å². The van der Waals surface area contributed by atoms with Crippen LogP contribution in [0.3, 0.4) is 0 Å². The number of benzene rings is 1. The molecule has 1 fully saturated rings. The number of imide groups is 1. The number of hydrogen-bond donors (Lipinski definition) is 1. The van der Waals surface area contributed by atoms with E-state index in [2.05, 4.69) is 5.32 Å². The van der Waals surface area contributed by atoms with E-state index in [-0.39, 0.29) is 16.1 Å². The maximum absolute atomic E-state index is 13.5. The van der Waals surface area contributed by atoms with Crippen molar-refractivity contribution in [1.82, 2.24) is 4.90 Å². The molecule has 1 N–H and O–H groups in total. The van der Waals surface area contributed by atoms with Gasteiger partial charge in [-0.1, -0.05) is 6.07 Å². The maximum Gasteiger partial charge on any atom is 0.265 e. The Balaban J connectivity index is 1.76. The number of sulfone groups is 1. The van der Waals surface area contributed by atoms with Crippen LogP contribution < -0.4 is 14.8 Å². The molecule has 2 aromatic rings. The van der Waals surface area contributed by atoms with Gasteiger partial charge in [-0.25, -0.2) is 12.8 Å². The summed E-state index contributed by atoms with van der Waals surface area (Å²) in [5.41, 5.74) is 0.354. The second-order valence-electron chi connectivity index (χ2n) is 8.33. The molecule has 0 saturated heterocycles. The first kappa shape index (κ1) is 25.1. The van der Waals surface area contributed by atoms with Crippen molar-refractivity contribution >= 4 is 43.9 Å². The van der Waals surface area contributed by atoms with E-state index in [1.165, 1.54) is 12.5 Å². The van der Waals surface area contributed by atoms with Gasteiger partial charge in [0.2, 0.25) is 0 Å². The van der Waals surface area contributed by atoms with E-state index in [1.807, 2.05) is 0 Å². The molecule has 3 amide bonds. The molecule has 1 aromatic heterocycles. The van der Waals surface area contributed by atoms with Gasteiger partial charge in [-0.15, -0.1) is 11.3 Å². The highest BCUT2D eigenvalue weighted by Gasteiger charge is 2.47. The van der Waals surface area contributed by atoms with Gasteiger partial charge in [0, 0.05) is 5.38 Å². The average Bonchev–Trinajstić information content (AvgIpc) is 3.55. The van der Waals surface area contributed by atoms with Gasteiger partial charge in [-0.3, -0.25) is 19.3 Å². The summed E-state index contributed by atoms with van der Waals surface area (Å²) in [5, 5.41) is 3.28. The van der Waals surface area contributed by atoms with E-state index in [1.54, 1.807) is 25.1 Å². The molecule has 1 unspecified atom stereocenters. The Bertz CT molecular complexity index is 1280. The highest BCUT2D eigenvalue weighted by molar-refractivity contribution is 7.92. The Labute approximate surface area is 206 Å². The van der Waals surface area contributed by atoms with Crippen LogP contribution in [0.5, 0.6) is 11.5 Å². The molecule has 188 valence electrons. The van der Waals surface area contributed by atoms with E-state index in [0.29, 0.717) is 36.5 Å². The normalized spacial score (nSPS) is 17.2. The second kappa shape index (κ2) is 9.57. The lowest BCUT2D eigenvalue weighted by molar-refractivity contribution is -0.120. The van der Waals surface area contributed by atoms with Crippen LogP contribution in [0.1, 0.15) is 59.0 Å². The molecule has 4 rings (SSSR count). The first-order valence-electron chi connectivity index (χ1n) is 11.1. The van der Waals surface area contributed by atoms with Crippen molar-refractivity contribution in [2.75, 3.05) is 24.8 Å². The van der Waals surface area contributed by atoms with Crippen LogP contribution in [-0.4, -0.2) is 61.9 Å². The predicted molar refractivity (Wildman–Crippen MR) is 128 cm³/mol. The van der Waals surface area contributed by atoms with Crippen LogP contribution in [0.4, 0.5) is 9.39 Å². The number of alkyl halides is 1. The summed E-state index contributed by atoms with van der Waals surface area (Å²) in [6, 6.07) is 3.61. The molecule has 2 atom stereocenters. The lowest BCUT2D eigenvalue weighted by Crippen LogP contribution is -2.38. The average molecular weight is 525 g/mol. The number of thiophene rings is 1. The third-order valence-corrected chi connectivity index (χ3v) is 9.04. The number of ether oxygens (including phenoxy) is 2. The van der Waals surface area contributed by atoms with Gasteiger partial charge in [0.15, 0.2) is 27.5 Å². The van der Waals surface area contributed by atoms with Gasteiger partial charge in [-0.2, -0.15) is 0 Å². The van der Waals surface area contributed by atoms with Crippen molar-refractivity contribution in [1.29, 1.82) is 0 Å². The fourth-order valence-corrected chi connectivity index (χ4v) is 6.77. The highest BCUT2D eigenvalue weighted by atomic mass is 32.2. The third kappa shape index (κ3) is 4.76. The smallest absolute Gasteiger partial charge is 0.265 e. The van der Waals surface area contributed by atoms with Gasteiger partial charge < -0.3 is 14.8 Å². The summed E-state index contributed by atoms with van der Waals surface area (Å²) in [6.45, 7) is 3.15. The van der Waals surface area contributed by atoms with E-state index < -0.39 is 50.8 Å². The number of halogens is 1. The van der Waals surface area contributed by atoms with E-state index in [9.17, 15) is 27.2 Å². The van der Waals surface area contributed by atoms with Crippen LogP contribution in [0.25, 0.3) is 0 Å². The Morgan fingerprint density at radius 1 is 1.26 bits per heavy atom. The van der Waals surface area contributed by atoms with Crippen LogP contribution >= 0.6 is 11.3 Å². The molecule has 9 nitrogen and oxygen atoms in total. The highest BCUT2D eigenvalue weighted by Crippen LogP contribution is 2.42. The molecule has 0 spiro atoms. The van der Waals surface area contributed by atoms with Crippen LogP contribution in [0.2, 0.25) is 0 Å². The molecule has 1 saturated carbocycles. The number of carbonyl (C=O) groups is 3. The van der Waals surface area contributed by atoms with Gasteiger partial charge in [0.1, 0.15) is 5.00 Å². The molecule has 2 heterocycles. The summed E-state index contributed by atoms with van der Waals surface area (Å²) in [5.74, 6) is -2.07. The summed E-state index contributed by atoms with van der Waals surface area (Å²) >= 11 is 0.935. The van der Waals surface area contributed by atoms with Crippen molar-refractivity contribution < 1.29 is 36.7 Å². The Morgan fingerprint density at radius 3 is 2.57 bits per heavy atom. The minimum absolute atomic E-state index is 0.0363. The fraction of sp³-hybridized carbons (Fsp3) is 0.435. The topological polar surface area (TPSA) is 119 Å². The number of nitrogens with one attached hydrogen (secondary N) is 1. The lowest BCUT2D eigenvalue weighted by Gasteiger charge is -2.27.